The molecule has 22 N–H and O–H groups in total. The number of halogens is 2. The Balaban J connectivity index is 1.18. The van der Waals surface area contributed by atoms with Crippen molar-refractivity contribution in [2.75, 3.05) is 13.7 Å². The Morgan fingerprint density at radius 1 is 0.739 bits per heavy atom. The van der Waals surface area contributed by atoms with Gasteiger partial charge in [0.2, 0.25) is 53.4 Å². The highest BCUT2D eigenvalue weighted by molar-refractivity contribution is 6.83. The highest BCUT2D eigenvalue weighted by atomic mass is 35.5. The summed E-state index contributed by atoms with van der Waals surface area (Å²) in [5.74, 6) is -13.5. The number of carboxylic acids is 1. The van der Waals surface area contributed by atoms with E-state index in [1.807, 2.05) is 52.0 Å². The fourth-order valence-electron chi connectivity index (χ4n) is 14.2. The van der Waals surface area contributed by atoms with E-state index >= 15 is 9.59 Å². The van der Waals surface area contributed by atoms with E-state index in [1.165, 1.54) is 25.2 Å². The van der Waals surface area contributed by atoms with Gasteiger partial charge in [0.1, 0.15) is 85.4 Å². The molecule has 18 atom stereocenters. The monoisotopic (exact) mass is 1650 g/mol. The predicted octanol–water partition coefficient (Wildman–Crippen LogP) is 3.38. The fourth-order valence-corrected chi connectivity index (χ4v) is 15.2. The van der Waals surface area contributed by atoms with Gasteiger partial charge in [-0.1, -0.05) is 107 Å². The number of aliphatic hydroxyl groups is 7. The Bertz CT molecular complexity index is 4750. The van der Waals surface area contributed by atoms with Gasteiger partial charge in [0.25, 0.3) is 0 Å². The van der Waals surface area contributed by atoms with Crippen molar-refractivity contribution in [1.29, 1.82) is 0 Å². The molecule has 115 heavy (non-hydrogen) atoms. The number of aromatic hydroxyl groups is 3. The fraction of sp³-hybridized carbons (Fsp3) is 0.418. The second-order valence-corrected chi connectivity index (χ2v) is 35.9. The van der Waals surface area contributed by atoms with Crippen LogP contribution in [0.1, 0.15) is 123 Å². The van der Waals surface area contributed by atoms with Crippen LogP contribution in [0.4, 0.5) is 0 Å². The lowest BCUT2D eigenvalue weighted by Gasteiger charge is -2.58. The van der Waals surface area contributed by atoms with E-state index in [0.717, 1.165) is 71.8 Å². The van der Waals surface area contributed by atoms with Crippen LogP contribution in [0.5, 0.6) is 46.0 Å². The summed E-state index contributed by atoms with van der Waals surface area (Å²) >= 11 is 14.2. The SMILES string of the molecule is CN[C@H](CC(C)C)C(=O)N[C@H]1C(=O)N[C@@H](CC(N)=O)C(=O)N[C@H]2C(=O)N[C@H](C(N)=O)c3ccc(O)c(c3)-c3c(O)cc(O)cc3[C@@H](C(=O)O)NC(=O)C[C@H](O)c3ccc(c(Cl)c3)Oc3cc2cc(c3OC2O[C@H](CO)C(O)C(O)[C@H]2O[C@H](O)CC2(NCc3ccc(C#C[Si](C)(C)C)cc3)C(C)[C@@H](C)[C@H]2O)Oc2ccc(cc2Cl)[C@H]1O. The number of phenols is 3. The molecule has 9 bridgehead atoms. The minimum atomic E-state index is -2.36. The lowest BCUT2D eigenvalue weighted by molar-refractivity contribution is -0.317. The molecule has 33 nitrogen and oxygen atoms in total. The van der Waals surface area contributed by atoms with Gasteiger partial charge in [-0.05, 0) is 126 Å². The third-order valence-electron chi connectivity index (χ3n) is 20.5. The van der Waals surface area contributed by atoms with E-state index in [9.17, 15) is 84.9 Å². The van der Waals surface area contributed by atoms with Crippen LogP contribution < -0.4 is 62.9 Å². The van der Waals surface area contributed by atoms with E-state index in [2.05, 4.69) is 68.3 Å². The summed E-state index contributed by atoms with van der Waals surface area (Å²) in [7, 11) is -0.248. The van der Waals surface area contributed by atoms with Crippen molar-refractivity contribution in [3.63, 3.8) is 0 Å². The number of likely N-dealkylation sites (N-methyl/N-ethyl adjacent to an activating group) is 1. The first-order valence-corrected chi connectivity index (χ1v) is 41.0. The van der Waals surface area contributed by atoms with Crippen LogP contribution in [-0.4, -0.2) is 192 Å². The first-order valence-electron chi connectivity index (χ1n) is 36.7. The number of primary amides is 2. The lowest BCUT2D eigenvalue weighted by Crippen LogP contribution is -2.72. The van der Waals surface area contributed by atoms with E-state index in [1.54, 1.807) is 0 Å². The average Bonchev–Trinajstić information content (AvgIpc) is 0.684. The maximum absolute atomic E-state index is 15.9. The molecule has 5 heterocycles. The van der Waals surface area contributed by atoms with Crippen molar-refractivity contribution < 1.29 is 118 Å². The molecule has 0 radical (unpaired) electrons. The largest absolute Gasteiger partial charge is 0.508 e. The molecule has 7 amide bonds. The van der Waals surface area contributed by atoms with Gasteiger partial charge >= 0.3 is 5.97 Å². The van der Waals surface area contributed by atoms with Crippen molar-refractivity contribution in [3.05, 3.63) is 152 Å². The van der Waals surface area contributed by atoms with Gasteiger partial charge < -0.3 is 129 Å². The number of phenolic OH excluding ortho intramolecular Hbond substituents is 3. The summed E-state index contributed by atoms with van der Waals surface area (Å²) in [5, 5.41) is 145. The zero-order valence-corrected chi connectivity index (χ0v) is 66.1. The van der Waals surface area contributed by atoms with Crippen molar-refractivity contribution >= 4 is 78.6 Å². The molecule has 1 saturated heterocycles. The summed E-state index contributed by atoms with van der Waals surface area (Å²) in [4.78, 5) is 115. The van der Waals surface area contributed by atoms with Crippen LogP contribution in [-0.2, 0) is 54.4 Å². The molecule has 5 unspecified atom stereocenters. The first kappa shape index (κ1) is 87.2. The van der Waals surface area contributed by atoms with Gasteiger partial charge in [0.15, 0.2) is 29.9 Å². The van der Waals surface area contributed by atoms with Crippen LogP contribution >= 0.6 is 23.2 Å². The Morgan fingerprint density at radius 2 is 1.37 bits per heavy atom. The molecule has 36 heteroatoms. The van der Waals surface area contributed by atoms with E-state index < -0.39 is 251 Å². The van der Waals surface area contributed by atoms with Crippen LogP contribution in [0, 0.1) is 29.2 Å². The summed E-state index contributed by atoms with van der Waals surface area (Å²) in [5.41, 5.74) is 12.6. The minimum Gasteiger partial charge on any atom is -0.508 e. The van der Waals surface area contributed by atoms with Crippen molar-refractivity contribution in [2.45, 2.75) is 177 Å². The number of hydrogen-bond donors (Lipinski definition) is 20. The number of nitrogens with one attached hydrogen (secondary N) is 7. The number of fused-ring (bicyclic) bond motifs is 16. The van der Waals surface area contributed by atoms with E-state index in [4.69, 9.17) is 58.4 Å². The molecule has 6 aromatic carbocycles. The summed E-state index contributed by atoms with van der Waals surface area (Å²) < 4.78 is 32.6. The topological polar surface area (TPSA) is 541 Å². The first-order chi connectivity index (χ1) is 54.2. The molecule has 12 rings (SSSR count). The Labute approximate surface area is 670 Å². The Morgan fingerprint density at radius 3 is 1.96 bits per heavy atom. The van der Waals surface area contributed by atoms with Crippen LogP contribution in [0.25, 0.3) is 11.1 Å². The van der Waals surface area contributed by atoms with Crippen LogP contribution in [0.15, 0.2) is 103 Å². The maximum Gasteiger partial charge on any atom is 0.330 e. The van der Waals surface area contributed by atoms with Gasteiger partial charge in [-0.2, -0.15) is 0 Å². The molecule has 616 valence electrons. The van der Waals surface area contributed by atoms with Gasteiger partial charge in [0, 0.05) is 41.3 Å². The molecular formula is C79H93Cl2N9O24Si. The Kier molecular flexibility index (Phi) is 27.5. The number of carbonyl (C=O) groups is 8. The van der Waals surface area contributed by atoms with E-state index in [0.29, 0.717) is 0 Å². The van der Waals surface area contributed by atoms with Crippen LogP contribution in [0.2, 0.25) is 29.7 Å². The number of nitrogens with two attached hydrogens (primary N) is 2. The molecule has 6 aromatic rings. The Hall–Kier alpha value is -10.2. The van der Waals surface area contributed by atoms with Crippen molar-refractivity contribution in [1.82, 2.24) is 37.2 Å². The number of hydrogen-bond acceptors (Lipinski definition) is 25. The molecule has 5 aliphatic heterocycles. The number of aliphatic carboxylic acids is 1. The molecule has 1 aliphatic carbocycles. The number of rotatable bonds is 19. The molecule has 0 spiro atoms. The zero-order chi connectivity index (χ0) is 84.1. The van der Waals surface area contributed by atoms with Gasteiger partial charge in [-0.25, -0.2) is 4.79 Å². The van der Waals surface area contributed by atoms with Crippen LogP contribution in [0.3, 0.4) is 0 Å². The van der Waals surface area contributed by atoms with E-state index in [-0.39, 0.29) is 53.2 Å². The third-order valence-corrected chi connectivity index (χ3v) is 22.0. The maximum atomic E-state index is 15.9. The van der Waals surface area contributed by atoms with Gasteiger partial charge in [-0.15, -0.1) is 5.54 Å². The molecule has 6 aliphatic rings. The lowest BCUT2D eigenvalue weighted by atomic mass is 9.56. The number of carbonyl (C=O) groups excluding carboxylic acids is 7. The highest BCUT2D eigenvalue weighted by Gasteiger charge is 2.59. The number of ether oxygens (including phenoxy) is 5. The van der Waals surface area contributed by atoms with Crippen molar-refractivity contribution in [2.24, 2.45) is 29.2 Å². The quantitative estimate of drug-likeness (QED) is 0.0314. The standard InChI is InChI=1S/C79H93Cl2N9O24Si/c1-34(2)21-48(84-5)73(104)90-65-66(99)41-15-18-54(47(81)24-41)111-56-26-42-25-55(69(56)114-78-70(68(101)67(100)57(33-91)112-78)113-60(98)31-79(36(4)35(3)71(79)102)85-32-38-11-9-37(10-12-38)19-20-115(6,7)8)110-53-17-14-39(23-46(53)80)51(94)30-59(97)87-64(77(108)109)45-27-43(92)28-52(95)61(45)44-22-40(13-16-50(44)93)62(72(83)103)88-75(106)63(42)89-74(105)49(29-58(82)96)86-76(65)107/h9-18,22-28,34-36,48-49,51,57,60,62-68,70-71,78,84-85,91-95,98-102H,21,29-33H2,1-8H3,(H2,82,96)(H2,83,103)(H,86,107)(H,87,97)(H,88,106)(H,89,105)(H,90,104)(H,108,109)/t35-,36?,48-,49+,51+,57-,60+,62+,63-,64+,65-,66-,67?,68?,70-,71-,78?,79?/m1/s1. The molecular weight excluding hydrogens is 1560 g/mol. The van der Waals surface area contributed by atoms with Gasteiger partial charge in [-0.3, -0.25) is 33.6 Å². The normalized spacial score (nSPS) is 26.4. The number of benzene rings is 6. The van der Waals surface area contributed by atoms with Gasteiger partial charge in [0.05, 0.1) is 53.3 Å². The zero-order valence-electron chi connectivity index (χ0n) is 63.6. The summed E-state index contributed by atoms with van der Waals surface area (Å²) in [6.45, 7) is 12.8. The second kappa shape index (κ2) is 36.3. The molecule has 1 saturated carbocycles. The number of aliphatic hydroxyl groups excluding tert-OH is 7. The number of amides is 7. The molecule has 0 aromatic heterocycles. The van der Waals surface area contributed by atoms with Crippen molar-refractivity contribution in [3.8, 4) is 68.6 Å². The highest BCUT2D eigenvalue weighted by Crippen LogP contribution is 2.51. The summed E-state index contributed by atoms with van der Waals surface area (Å²) in [6.07, 6.45) is -19.3. The second-order valence-electron chi connectivity index (χ2n) is 30.4. The smallest absolute Gasteiger partial charge is 0.330 e. The average molecular weight is 1650 g/mol. The predicted molar refractivity (Wildman–Crippen MR) is 415 cm³/mol. The number of carboxylic acid groups (broad SMARTS) is 1. The summed E-state index contributed by atoms with van der Waals surface area (Å²) in [6, 6.07) is 9.01. The minimum absolute atomic E-state index is 0.108. The molecule has 2 fully saturated rings. The third kappa shape index (κ3) is 20.0.